The summed E-state index contributed by atoms with van der Waals surface area (Å²) in [4.78, 5) is 35.3. The summed E-state index contributed by atoms with van der Waals surface area (Å²) in [5, 5.41) is 3.02. The molecular weight excluding hydrogens is 760 g/mol. The molecule has 0 aliphatic carbocycles. The molecule has 0 saturated carbocycles. The number of likely N-dealkylation sites (tertiary alicyclic amines) is 1. The number of carbonyl (C=O) groups is 2. The predicted octanol–water partition coefficient (Wildman–Crippen LogP) is 9.08. The first-order valence-corrected chi connectivity index (χ1v) is 21.9. The second-order valence-corrected chi connectivity index (χ2v) is 16.7. The smallest absolute Gasteiger partial charge is 0.408 e. The highest BCUT2D eigenvalue weighted by Crippen LogP contribution is 2.31. The van der Waals surface area contributed by atoms with Gasteiger partial charge in [-0.2, -0.15) is 0 Å². The number of nitrogens with zero attached hydrogens (tertiary/aromatic N) is 3. The quantitative estimate of drug-likeness (QED) is 0.0998. The summed E-state index contributed by atoms with van der Waals surface area (Å²) >= 11 is 1.65. The molecule has 2 aliphatic rings. The molecule has 0 spiro atoms. The Labute approximate surface area is 352 Å². The Morgan fingerprint density at radius 2 is 1.39 bits per heavy atom. The van der Waals surface area contributed by atoms with Gasteiger partial charge in [0.15, 0.2) is 0 Å². The van der Waals surface area contributed by atoms with Gasteiger partial charge in [0, 0.05) is 44.2 Å². The summed E-state index contributed by atoms with van der Waals surface area (Å²) in [5.74, 6) is 1.42. The van der Waals surface area contributed by atoms with E-state index in [0.717, 1.165) is 77.5 Å². The Morgan fingerprint density at radius 3 is 2.07 bits per heavy atom. The fourth-order valence-electron chi connectivity index (χ4n) is 8.06. The first-order valence-electron chi connectivity index (χ1n) is 20.9. The van der Waals surface area contributed by atoms with Crippen LogP contribution in [0.1, 0.15) is 42.0 Å². The van der Waals surface area contributed by atoms with E-state index < -0.39 is 12.1 Å². The fraction of sp³-hybridized carbons (Fsp3) is 0.347. The van der Waals surface area contributed by atoms with Crippen LogP contribution in [-0.2, 0) is 35.7 Å². The molecule has 1 N–H and O–H groups in total. The van der Waals surface area contributed by atoms with Crippen LogP contribution in [-0.4, -0.2) is 84.3 Å². The second kappa shape index (κ2) is 21.2. The fourth-order valence-corrected chi connectivity index (χ4v) is 8.89. The zero-order chi connectivity index (χ0) is 40.8. The van der Waals surface area contributed by atoms with Crippen LogP contribution in [0.3, 0.4) is 0 Å². The van der Waals surface area contributed by atoms with E-state index in [1.54, 1.807) is 17.8 Å². The number of nitrogens with one attached hydrogen (secondary N) is 1. The van der Waals surface area contributed by atoms with E-state index in [2.05, 4.69) is 76.6 Å². The van der Waals surface area contributed by atoms with Crippen LogP contribution in [0, 0.1) is 11.7 Å². The highest BCUT2D eigenvalue weighted by molar-refractivity contribution is 7.99. The minimum absolute atomic E-state index is 0.0187. The molecule has 2 aliphatic heterocycles. The lowest BCUT2D eigenvalue weighted by atomic mass is 9.88. The third-order valence-electron chi connectivity index (χ3n) is 11.4. The monoisotopic (exact) mass is 814 g/mol. The first-order chi connectivity index (χ1) is 28.9. The lowest BCUT2D eigenvalue weighted by Crippen LogP contribution is -2.58. The number of amides is 2. The normalized spacial score (nSPS) is 15.7. The molecule has 1 atom stereocenters. The molecule has 10 heteroatoms. The summed E-state index contributed by atoms with van der Waals surface area (Å²) in [6.45, 7) is 8.50. The Hall–Kier alpha value is -5.16. The molecule has 5 aromatic rings. The van der Waals surface area contributed by atoms with E-state index in [1.807, 2.05) is 65.6 Å². The molecule has 0 bridgehead atoms. The zero-order valence-corrected chi connectivity index (χ0v) is 34.8. The number of ether oxygens (including phenoxy) is 2. The molecule has 2 fully saturated rings. The molecular formula is C49H55FN4O4S. The maximum Gasteiger partial charge on any atom is 0.408 e. The van der Waals surface area contributed by atoms with Crippen molar-refractivity contribution in [2.75, 3.05) is 51.6 Å². The lowest BCUT2D eigenvalue weighted by molar-refractivity contribution is -0.137. The summed E-state index contributed by atoms with van der Waals surface area (Å²) in [5.41, 5.74) is 6.72. The molecule has 0 radical (unpaired) electrons. The van der Waals surface area contributed by atoms with Gasteiger partial charge in [-0.25, -0.2) is 9.18 Å². The number of piperazine rings is 1. The standard InChI is InChI=1S/C49H55FN4O4S/c1-2-59-46-32-43(50)20-18-42(46)34-53-28-30-54(31-29-53)48(55)47(51-49(56)58-36-38-14-8-4-9-15-38)41-23-26-52(27-24-41)25-22-40-19-21-44(57-35-37-12-6-3-7-13-37)33-45(40)39-16-10-5-11-17-39/h3-21,32-33,41,47H,2,22-31,34-36H2,1H3,(H,51,56)/t47-/m1/s1. The number of benzene rings is 5. The summed E-state index contributed by atoms with van der Waals surface area (Å²) < 4.78 is 25.9. The average molecular weight is 815 g/mol. The molecule has 5 aromatic carbocycles. The summed E-state index contributed by atoms with van der Waals surface area (Å²) in [6.07, 6.45) is 1.88. The van der Waals surface area contributed by atoms with Gasteiger partial charge in [0.1, 0.15) is 30.8 Å². The van der Waals surface area contributed by atoms with Crippen molar-refractivity contribution in [2.45, 2.75) is 56.9 Å². The van der Waals surface area contributed by atoms with E-state index in [9.17, 15) is 14.0 Å². The van der Waals surface area contributed by atoms with E-state index >= 15 is 0 Å². The van der Waals surface area contributed by atoms with Crippen LogP contribution in [0.15, 0.2) is 132 Å². The van der Waals surface area contributed by atoms with Gasteiger partial charge in [-0.1, -0.05) is 110 Å². The molecule has 59 heavy (non-hydrogen) atoms. The van der Waals surface area contributed by atoms with Gasteiger partial charge < -0.3 is 24.6 Å². The van der Waals surface area contributed by atoms with Crippen molar-refractivity contribution >= 4 is 23.8 Å². The molecule has 0 unspecified atom stereocenters. The number of halogens is 1. The number of rotatable bonds is 16. The predicted molar refractivity (Wildman–Crippen MR) is 234 cm³/mol. The second-order valence-electron chi connectivity index (χ2n) is 15.4. The van der Waals surface area contributed by atoms with Crippen LogP contribution in [0.25, 0.3) is 11.1 Å². The average Bonchev–Trinajstić information content (AvgIpc) is 3.28. The van der Waals surface area contributed by atoms with Gasteiger partial charge in [-0.05, 0) is 102 Å². The van der Waals surface area contributed by atoms with Gasteiger partial charge in [0.2, 0.25) is 5.91 Å². The molecule has 0 aromatic heterocycles. The van der Waals surface area contributed by atoms with Crippen molar-refractivity contribution in [3.05, 3.63) is 155 Å². The number of alkyl carbamates (subject to hydrolysis) is 1. The molecule has 8 nitrogen and oxygen atoms in total. The summed E-state index contributed by atoms with van der Waals surface area (Å²) in [6, 6.07) is 41.0. The SMILES string of the molecule is CCSc1cc(F)ccc1CN1CCN(C(=O)[C@H](NC(=O)OCc2ccccc2)C2CCN(CCc3ccc(OCc4ccccc4)cc3-c3ccccc3)CC2)CC1. The van der Waals surface area contributed by atoms with Gasteiger partial charge in [0.05, 0.1) is 0 Å². The number of carbonyl (C=O) groups excluding carboxylic acids is 2. The van der Waals surface area contributed by atoms with Crippen molar-refractivity contribution in [1.82, 2.24) is 20.0 Å². The number of hydrogen-bond donors (Lipinski definition) is 1. The van der Waals surface area contributed by atoms with Crippen molar-refractivity contribution in [3.8, 4) is 16.9 Å². The molecule has 7 rings (SSSR count). The first kappa shape index (κ1) is 42.0. The van der Waals surface area contributed by atoms with E-state index in [-0.39, 0.29) is 24.2 Å². The minimum Gasteiger partial charge on any atom is -0.489 e. The third-order valence-corrected chi connectivity index (χ3v) is 12.4. The van der Waals surface area contributed by atoms with E-state index in [1.165, 1.54) is 17.2 Å². The number of hydrogen-bond acceptors (Lipinski definition) is 7. The Bertz CT molecular complexity index is 2090. The van der Waals surface area contributed by atoms with Gasteiger partial charge in [0.25, 0.3) is 0 Å². The summed E-state index contributed by atoms with van der Waals surface area (Å²) in [7, 11) is 0. The highest BCUT2D eigenvalue weighted by Gasteiger charge is 2.36. The number of thioether (sulfide) groups is 1. The zero-order valence-electron chi connectivity index (χ0n) is 33.9. The topological polar surface area (TPSA) is 74.3 Å². The van der Waals surface area contributed by atoms with Crippen LogP contribution in [0.4, 0.5) is 9.18 Å². The number of piperidine rings is 1. The molecule has 2 saturated heterocycles. The van der Waals surface area contributed by atoms with Crippen LogP contribution in [0.5, 0.6) is 5.75 Å². The minimum atomic E-state index is -0.676. The maximum atomic E-state index is 14.3. The van der Waals surface area contributed by atoms with Crippen LogP contribution >= 0.6 is 11.8 Å². The molecule has 308 valence electrons. The molecule has 2 amide bonds. The van der Waals surface area contributed by atoms with Crippen molar-refractivity contribution in [1.29, 1.82) is 0 Å². The largest absolute Gasteiger partial charge is 0.489 e. The maximum absolute atomic E-state index is 14.3. The van der Waals surface area contributed by atoms with Crippen LogP contribution in [0.2, 0.25) is 0 Å². The third kappa shape index (κ3) is 12.0. The van der Waals surface area contributed by atoms with Crippen LogP contribution < -0.4 is 10.1 Å². The van der Waals surface area contributed by atoms with E-state index in [4.69, 9.17) is 9.47 Å². The highest BCUT2D eigenvalue weighted by atomic mass is 32.2. The molecule has 2 heterocycles. The van der Waals surface area contributed by atoms with Crippen molar-refractivity contribution < 1.29 is 23.5 Å². The Kier molecular flexibility index (Phi) is 15.1. The Balaban J connectivity index is 0.973. The lowest BCUT2D eigenvalue weighted by Gasteiger charge is -2.40. The van der Waals surface area contributed by atoms with Crippen molar-refractivity contribution in [2.24, 2.45) is 5.92 Å². The van der Waals surface area contributed by atoms with E-state index in [0.29, 0.717) is 39.3 Å². The van der Waals surface area contributed by atoms with Gasteiger partial charge in [-0.3, -0.25) is 9.69 Å². The Morgan fingerprint density at radius 1 is 0.746 bits per heavy atom. The van der Waals surface area contributed by atoms with Gasteiger partial charge >= 0.3 is 6.09 Å². The van der Waals surface area contributed by atoms with Crippen molar-refractivity contribution in [3.63, 3.8) is 0 Å². The van der Waals surface area contributed by atoms with Gasteiger partial charge in [-0.15, -0.1) is 11.8 Å².